The fourth-order valence-corrected chi connectivity index (χ4v) is 1.46. The third kappa shape index (κ3) is 0.921. The fourth-order valence-electron chi connectivity index (χ4n) is 1.14. The van der Waals surface area contributed by atoms with Gasteiger partial charge in [0.1, 0.15) is 10.5 Å². The molecule has 0 aliphatic carbocycles. The van der Waals surface area contributed by atoms with Crippen LogP contribution >= 0.6 is 11.6 Å². The Balaban J connectivity index is 3.03. The average molecular weight is 184 g/mol. The predicted molar refractivity (Wildman–Crippen MR) is 46.5 cm³/mol. The number of hydrogen-bond acceptors (Lipinski definition) is 2. The Hall–Kier alpha value is -1.29. The highest BCUT2D eigenvalue weighted by Gasteiger charge is 2.06. The zero-order chi connectivity index (χ0) is 8.72. The minimum Gasteiger partial charge on any atom is -0.297 e. The lowest BCUT2D eigenvalue weighted by atomic mass is 10.3. The molecule has 5 heteroatoms. The lowest BCUT2D eigenvalue weighted by molar-refractivity contribution is 1.08. The van der Waals surface area contributed by atoms with Gasteiger partial charge in [-0.25, -0.2) is 4.98 Å². The molecule has 2 N–H and O–H groups in total. The number of rotatable bonds is 0. The lowest BCUT2D eigenvalue weighted by Crippen LogP contribution is -1.98. The van der Waals surface area contributed by atoms with Gasteiger partial charge in [0.2, 0.25) is 0 Å². The highest BCUT2D eigenvalue weighted by atomic mass is 35.5. The number of aromatic amines is 2. The van der Waals surface area contributed by atoms with Crippen molar-refractivity contribution in [2.75, 3.05) is 0 Å². The maximum Gasteiger partial charge on any atom is 0.274 e. The largest absolute Gasteiger partial charge is 0.297 e. The van der Waals surface area contributed by atoms with E-state index in [2.05, 4.69) is 15.2 Å². The molecule has 0 amide bonds. The summed E-state index contributed by atoms with van der Waals surface area (Å²) >= 11 is 5.76. The highest BCUT2D eigenvalue weighted by Crippen LogP contribution is 2.16. The summed E-state index contributed by atoms with van der Waals surface area (Å²) in [5, 5.41) is 5.81. The van der Waals surface area contributed by atoms with Crippen LogP contribution in [0.4, 0.5) is 0 Å². The Morgan fingerprint density at radius 2 is 2.25 bits per heavy atom. The molecule has 4 nitrogen and oxygen atoms in total. The minimum atomic E-state index is -0.234. The maximum atomic E-state index is 11.1. The molecule has 0 fully saturated rings. The van der Waals surface area contributed by atoms with Gasteiger partial charge in [0.05, 0.1) is 5.52 Å². The molecule has 12 heavy (non-hydrogen) atoms. The molecular weight excluding hydrogens is 178 g/mol. The van der Waals surface area contributed by atoms with E-state index in [9.17, 15) is 4.79 Å². The number of aromatic nitrogens is 3. The molecule has 0 radical (unpaired) electrons. The predicted octanol–water partition coefficient (Wildman–Crippen LogP) is 1.21. The van der Waals surface area contributed by atoms with Crippen LogP contribution < -0.4 is 5.56 Å². The van der Waals surface area contributed by atoms with E-state index in [1.54, 1.807) is 6.07 Å². The molecule has 0 saturated heterocycles. The molecule has 0 aliphatic heterocycles. The summed E-state index contributed by atoms with van der Waals surface area (Å²) in [6, 6.07) is 1.76. The van der Waals surface area contributed by atoms with Crippen LogP contribution in [0.2, 0.25) is 5.15 Å². The van der Waals surface area contributed by atoms with Gasteiger partial charge in [0.25, 0.3) is 5.56 Å². The first kappa shape index (κ1) is 7.36. The van der Waals surface area contributed by atoms with Crippen molar-refractivity contribution >= 4 is 22.5 Å². The molecule has 0 aromatic carbocycles. The quantitative estimate of drug-likeness (QED) is 0.604. The van der Waals surface area contributed by atoms with E-state index in [1.807, 2.05) is 6.92 Å². The zero-order valence-corrected chi connectivity index (χ0v) is 7.07. The summed E-state index contributed by atoms with van der Waals surface area (Å²) in [6.45, 7) is 1.82. The number of hydrogen-bond donors (Lipinski definition) is 2. The number of H-pyrrole nitrogens is 2. The summed E-state index contributed by atoms with van der Waals surface area (Å²) in [5.74, 6) is 0. The summed E-state index contributed by atoms with van der Waals surface area (Å²) in [6.07, 6.45) is 0. The van der Waals surface area contributed by atoms with Gasteiger partial charge in [-0.1, -0.05) is 11.6 Å². The van der Waals surface area contributed by atoms with E-state index < -0.39 is 0 Å². The molecule has 2 aromatic rings. The monoisotopic (exact) mass is 183 g/mol. The van der Waals surface area contributed by atoms with Gasteiger partial charge < -0.3 is 0 Å². The SMILES string of the molecule is Cc1cc2[nH][nH]c(=O)c2c(Cl)n1. The van der Waals surface area contributed by atoms with Gasteiger partial charge in [0.15, 0.2) is 0 Å². The molecule has 0 saturated carbocycles. The van der Waals surface area contributed by atoms with Crippen LogP contribution in [0.5, 0.6) is 0 Å². The average Bonchev–Trinajstić information content (AvgIpc) is 2.31. The van der Waals surface area contributed by atoms with Crippen LogP contribution in [0.1, 0.15) is 5.69 Å². The van der Waals surface area contributed by atoms with E-state index >= 15 is 0 Å². The van der Waals surface area contributed by atoms with Gasteiger partial charge in [-0.05, 0) is 13.0 Å². The van der Waals surface area contributed by atoms with Crippen molar-refractivity contribution in [3.63, 3.8) is 0 Å². The van der Waals surface area contributed by atoms with E-state index in [-0.39, 0.29) is 10.7 Å². The molecule has 0 unspecified atom stereocenters. The van der Waals surface area contributed by atoms with Crippen molar-refractivity contribution < 1.29 is 0 Å². The normalized spacial score (nSPS) is 10.8. The lowest BCUT2D eigenvalue weighted by Gasteiger charge is -1.93. The van der Waals surface area contributed by atoms with E-state index in [4.69, 9.17) is 11.6 Å². The topological polar surface area (TPSA) is 61.5 Å². The first-order valence-electron chi connectivity index (χ1n) is 3.42. The van der Waals surface area contributed by atoms with Crippen molar-refractivity contribution in [3.05, 3.63) is 27.3 Å². The van der Waals surface area contributed by atoms with Gasteiger partial charge in [-0.3, -0.25) is 15.0 Å². The first-order valence-corrected chi connectivity index (χ1v) is 3.80. The minimum absolute atomic E-state index is 0.234. The Kier molecular flexibility index (Phi) is 1.44. The fraction of sp³-hybridized carbons (Fsp3) is 0.143. The van der Waals surface area contributed by atoms with E-state index in [1.165, 1.54) is 0 Å². The van der Waals surface area contributed by atoms with Gasteiger partial charge in [-0.2, -0.15) is 0 Å². The summed E-state index contributed by atoms with van der Waals surface area (Å²) in [7, 11) is 0. The Morgan fingerprint density at radius 1 is 1.50 bits per heavy atom. The molecular formula is C7H6ClN3O. The molecule has 2 rings (SSSR count). The smallest absolute Gasteiger partial charge is 0.274 e. The van der Waals surface area contributed by atoms with Crippen molar-refractivity contribution in [2.45, 2.75) is 6.92 Å². The molecule has 2 heterocycles. The second-order valence-electron chi connectivity index (χ2n) is 2.56. The van der Waals surface area contributed by atoms with Crippen LogP contribution in [0.3, 0.4) is 0 Å². The van der Waals surface area contributed by atoms with Crippen molar-refractivity contribution in [3.8, 4) is 0 Å². The standard InChI is InChI=1S/C7H6ClN3O/c1-3-2-4-5(6(8)9-3)7(12)11-10-4/h2H,1H3,(H2,10,11,12). The highest BCUT2D eigenvalue weighted by molar-refractivity contribution is 6.34. The molecule has 0 bridgehead atoms. The number of nitrogens with zero attached hydrogens (tertiary/aromatic N) is 1. The van der Waals surface area contributed by atoms with Gasteiger partial charge in [0, 0.05) is 5.69 Å². The second kappa shape index (κ2) is 2.35. The van der Waals surface area contributed by atoms with Gasteiger partial charge in [-0.15, -0.1) is 0 Å². The molecule has 0 spiro atoms. The second-order valence-corrected chi connectivity index (χ2v) is 2.91. The molecule has 0 aliphatic rings. The van der Waals surface area contributed by atoms with Crippen molar-refractivity contribution in [1.82, 2.24) is 15.2 Å². The zero-order valence-electron chi connectivity index (χ0n) is 6.31. The van der Waals surface area contributed by atoms with Gasteiger partial charge >= 0.3 is 0 Å². The number of aryl methyl sites for hydroxylation is 1. The molecule has 2 aromatic heterocycles. The molecule has 62 valence electrons. The number of pyridine rings is 1. The third-order valence-corrected chi connectivity index (χ3v) is 1.91. The summed E-state index contributed by atoms with van der Waals surface area (Å²) in [4.78, 5) is 15.1. The molecule has 0 atom stereocenters. The summed E-state index contributed by atoms with van der Waals surface area (Å²) < 4.78 is 0. The Labute approximate surface area is 72.6 Å². The number of fused-ring (bicyclic) bond motifs is 1. The van der Waals surface area contributed by atoms with Crippen molar-refractivity contribution in [1.29, 1.82) is 0 Å². The van der Waals surface area contributed by atoms with Crippen LogP contribution in [-0.2, 0) is 0 Å². The number of halogens is 1. The van der Waals surface area contributed by atoms with E-state index in [0.29, 0.717) is 10.9 Å². The van der Waals surface area contributed by atoms with E-state index in [0.717, 1.165) is 5.69 Å². The van der Waals surface area contributed by atoms with Crippen LogP contribution in [-0.4, -0.2) is 15.2 Å². The third-order valence-electron chi connectivity index (χ3n) is 1.64. The first-order chi connectivity index (χ1) is 5.68. The Bertz CT molecular complexity index is 485. The van der Waals surface area contributed by atoms with Crippen LogP contribution in [0.15, 0.2) is 10.9 Å². The summed E-state index contributed by atoms with van der Waals surface area (Å²) in [5.41, 5.74) is 1.24. The number of nitrogens with one attached hydrogen (secondary N) is 2. The maximum absolute atomic E-state index is 11.1. The van der Waals surface area contributed by atoms with Crippen LogP contribution in [0, 0.1) is 6.92 Å². The van der Waals surface area contributed by atoms with Crippen molar-refractivity contribution in [2.24, 2.45) is 0 Å². The Morgan fingerprint density at radius 3 is 3.00 bits per heavy atom. The van der Waals surface area contributed by atoms with Crippen LogP contribution in [0.25, 0.3) is 10.9 Å².